The van der Waals surface area contributed by atoms with Crippen molar-refractivity contribution in [3.8, 4) is 5.75 Å². The number of fused-ring (bicyclic) bond motifs is 1. The van der Waals surface area contributed by atoms with Gasteiger partial charge in [0.2, 0.25) is 5.82 Å². The van der Waals surface area contributed by atoms with E-state index < -0.39 is 17.6 Å². The van der Waals surface area contributed by atoms with E-state index in [1.807, 2.05) is 30.3 Å². The maximum atomic E-state index is 13.1. The van der Waals surface area contributed by atoms with Gasteiger partial charge in [-0.15, -0.1) is 5.10 Å². The van der Waals surface area contributed by atoms with Crippen molar-refractivity contribution in [3.05, 3.63) is 76.8 Å². The average molecular weight is 496 g/mol. The van der Waals surface area contributed by atoms with E-state index in [0.29, 0.717) is 23.5 Å². The Morgan fingerprint density at radius 1 is 1.29 bits per heavy atom. The highest BCUT2D eigenvalue weighted by atomic mass is 35.5. The number of rotatable bonds is 6. The van der Waals surface area contributed by atoms with Gasteiger partial charge < -0.3 is 20.1 Å². The third kappa shape index (κ3) is 5.70. The number of ether oxygens (including phenoxy) is 1. The van der Waals surface area contributed by atoms with Crippen LogP contribution in [0.3, 0.4) is 0 Å². The highest BCUT2D eigenvalue weighted by Crippen LogP contribution is 2.33. The van der Waals surface area contributed by atoms with Gasteiger partial charge in [-0.05, 0) is 43.2 Å². The topological polar surface area (TPSA) is 110 Å². The van der Waals surface area contributed by atoms with Gasteiger partial charge in [0.25, 0.3) is 11.8 Å². The van der Waals surface area contributed by atoms with E-state index in [0.717, 1.165) is 5.56 Å². The Morgan fingerprint density at radius 3 is 2.74 bits per heavy atom. The second-order valence-corrected chi connectivity index (χ2v) is 9.17. The molecule has 0 fully saturated rings. The number of aliphatic hydroxyl groups is 1. The molecule has 2 aromatic carbocycles. The lowest BCUT2D eigenvalue weighted by molar-refractivity contribution is -0.120. The van der Waals surface area contributed by atoms with Crippen LogP contribution in [0.25, 0.3) is 6.08 Å². The maximum Gasteiger partial charge on any atom is 0.291 e. The second kappa shape index (κ2) is 9.89. The van der Waals surface area contributed by atoms with E-state index in [1.54, 1.807) is 49.9 Å². The van der Waals surface area contributed by atoms with Crippen LogP contribution in [-0.4, -0.2) is 57.0 Å². The summed E-state index contributed by atoms with van der Waals surface area (Å²) in [6, 6.07) is 14.0. The Hall–Kier alpha value is -3.69. The van der Waals surface area contributed by atoms with Gasteiger partial charge in [0, 0.05) is 12.1 Å². The summed E-state index contributed by atoms with van der Waals surface area (Å²) in [6.07, 6.45) is 3.10. The molecule has 182 valence electrons. The quantitative estimate of drug-likeness (QED) is 0.544. The van der Waals surface area contributed by atoms with Crippen LogP contribution in [0.1, 0.15) is 35.6 Å². The molecule has 1 aliphatic rings. The molecule has 0 saturated heterocycles. The number of nitrogens with one attached hydrogen (secondary N) is 1. The molecule has 0 bridgehead atoms. The van der Waals surface area contributed by atoms with Gasteiger partial charge in [-0.3, -0.25) is 9.59 Å². The summed E-state index contributed by atoms with van der Waals surface area (Å²) in [7, 11) is 1.60. The Morgan fingerprint density at radius 2 is 2.03 bits per heavy atom. The molecule has 10 heteroatoms. The molecule has 1 aliphatic heterocycles. The van der Waals surface area contributed by atoms with Crippen molar-refractivity contribution >= 4 is 35.2 Å². The first-order valence-electron chi connectivity index (χ1n) is 11.0. The minimum absolute atomic E-state index is 0.0353. The fraction of sp³-hybridized carbons (Fsp3) is 0.280. The van der Waals surface area contributed by atoms with E-state index in [2.05, 4.69) is 15.4 Å². The van der Waals surface area contributed by atoms with Gasteiger partial charge >= 0.3 is 0 Å². The average Bonchev–Trinajstić information content (AvgIpc) is 3.25. The van der Waals surface area contributed by atoms with Crippen LogP contribution in [0.2, 0.25) is 0 Å². The molecular weight excluding hydrogens is 470 g/mol. The maximum absolute atomic E-state index is 13.1. The first-order chi connectivity index (χ1) is 16.6. The Balaban J connectivity index is 1.47. The number of hydrogen-bond donors (Lipinski definition) is 2. The summed E-state index contributed by atoms with van der Waals surface area (Å²) in [5.74, 6) is -0.472. The fourth-order valence-corrected chi connectivity index (χ4v) is 3.63. The Labute approximate surface area is 208 Å². The molecule has 2 amide bonds. The summed E-state index contributed by atoms with van der Waals surface area (Å²) >= 11 is 6.20. The number of anilines is 1. The number of likely N-dealkylation sites (N-methyl/N-ethyl adjacent to an activating group) is 1. The minimum Gasteiger partial charge on any atom is -0.489 e. The number of carbonyl (C=O) groups is 2. The van der Waals surface area contributed by atoms with E-state index in [9.17, 15) is 14.7 Å². The molecular formula is C25H26ClN5O4. The number of halogens is 1. The van der Waals surface area contributed by atoms with Crippen molar-refractivity contribution in [1.29, 1.82) is 0 Å². The predicted octanol–water partition coefficient (Wildman–Crippen LogP) is 2.83. The highest BCUT2D eigenvalue weighted by molar-refractivity contribution is 6.32. The monoisotopic (exact) mass is 495 g/mol. The molecule has 9 nitrogen and oxygen atoms in total. The summed E-state index contributed by atoms with van der Waals surface area (Å²) in [5.41, 5.74) is 1.04. The molecule has 0 radical (unpaired) electrons. The van der Waals surface area contributed by atoms with Gasteiger partial charge in [-0.1, -0.05) is 48.0 Å². The third-order valence-electron chi connectivity index (χ3n) is 5.49. The highest BCUT2D eigenvalue weighted by Gasteiger charge is 2.31. The number of amides is 2. The number of aromatic nitrogens is 3. The SMILES string of the molecule is CN1C(=O)[C@@H](NC(=O)c2ncn(Cc3ccccc3)n2)COc2ccc(/C=C(\Cl)C(C)(C)O)cc21. The van der Waals surface area contributed by atoms with Crippen LogP contribution in [-0.2, 0) is 11.3 Å². The smallest absolute Gasteiger partial charge is 0.291 e. The number of hydrogen-bond acceptors (Lipinski definition) is 6. The zero-order valence-electron chi connectivity index (χ0n) is 19.6. The molecule has 3 aromatic rings. The molecule has 2 heterocycles. The molecule has 0 aliphatic carbocycles. The number of nitrogens with zero attached hydrogens (tertiary/aromatic N) is 4. The fourth-order valence-electron chi connectivity index (χ4n) is 3.50. The van der Waals surface area contributed by atoms with Crippen molar-refractivity contribution in [1.82, 2.24) is 20.1 Å². The molecule has 0 saturated carbocycles. The van der Waals surface area contributed by atoms with Crippen LogP contribution in [0.15, 0.2) is 59.9 Å². The van der Waals surface area contributed by atoms with Gasteiger partial charge in [0.05, 0.1) is 17.8 Å². The van der Waals surface area contributed by atoms with Gasteiger partial charge in [0.1, 0.15) is 24.7 Å². The second-order valence-electron chi connectivity index (χ2n) is 8.76. The van der Waals surface area contributed by atoms with E-state index in [1.165, 1.54) is 11.2 Å². The predicted molar refractivity (Wildman–Crippen MR) is 132 cm³/mol. The van der Waals surface area contributed by atoms with Crippen LogP contribution < -0.4 is 15.0 Å². The van der Waals surface area contributed by atoms with Crippen molar-refractivity contribution in [2.75, 3.05) is 18.6 Å². The summed E-state index contributed by atoms with van der Waals surface area (Å²) in [5, 5.41) is 17.2. The Kier molecular flexibility index (Phi) is 6.90. The van der Waals surface area contributed by atoms with Gasteiger partial charge in [0.15, 0.2) is 0 Å². The molecule has 0 unspecified atom stereocenters. The molecule has 4 rings (SSSR count). The van der Waals surface area contributed by atoms with Crippen molar-refractivity contribution in [2.45, 2.75) is 32.0 Å². The van der Waals surface area contributed by atoms with Gasteiger partial charge in [-0.25, -0.2) is 9.67 Å². The van der Waals surface area contributed by atoms with Crippen LogP contribution >= 0.6 is 11.6 Å². The zero-order chi connectivity index (χ0) is 25.2. The van der Waals surface area contributed by atoms with Crippen molar-refractivity contribution in [3.63, 3.8) is 0 Å². The van der Waals surface area contributed by atoms with Crippen molar-refractivity contribution in [2.24, 2.45) is 0 Å². The minimum atomic E-state index is -1.19. The lowest BCUT2D eigenvalue weighted by Crippen LogP contribution is -2.49. The van der Waals surface area contributed by atoms with E-state index in [4.69, 9.17) is 16.3 Å². The van der Waals surface area contributed by atoms with E-state index >= 15 is 0 Å². The summed E-state index contributed by atoms with van der Waals surface area (Å²) in [4.78, 5) is 31.4. The molecule has 35 heavy (non-hydrogen) atoms. The third-order valence-corrected chi connectivity index (χ3v) is 6.06. The number of carbonyl (C=O) groups excluding carboxylic acids is 2. The standard InChI is InChI=1S/C25H26ClN5O4/c1-25(2,34)21(26)12-17-9-10-20-19(11-17)30(3)24(33)18(14-35-20)28-23(32)22-27-15-31(29-22)13-16-7-5-4-6-8-16/h4-12,15,18,34H,13-14H2,1-3H3,(H,28,32)/b21-12-/t18-/m0/s1. The zero-order valence-corrected chi connectivity index (χ0v) is 20.4. The summed E-state index contributed by atoms with van der Waals surface area (Å²) in [6.45, 7) is 3.59. The normalized spacial score (nSPS) is 16.4. The van der Waals surface area contributed by atoms with Gasteiger partial charge in [-0.2, -0.15) is 0 Å². The molecule has 0 spiro atoms. The molecule has 1 aromatic heterocycles. The van der Waals surface area contributed by atoms with Crippen molar-refractivity contribution < 1.29 is 19.4 Å². The van der Waals surface area contributed by atoms with Crippen LogP contribution in [0.4, 0.5) is 5.69 Å². The lowest BCUT2D eigenvalue weighted by atomic mass is 10.1. The van der Waals surface area contributed by atoms with E-state index in [-0.39, 0.29) is 23.4 Å². The first kappa shape index (κ1) is 24.4. The lowest BCUT2D eigenvalue weighted by Gasteiger charge is -2.20. The largest absolute Gasteiger partial charge is 0.489 e. The molecule has 2 N–H and O–H groups in total. The Bertz CT molecular complexity index is 1270. The number of benzene rings is 2. The van der Waals surface area contributed by atoms with Crippen LogP contribution in [0.5, 0.6) is 5.75 Å². The summed E-state index contributed by atoms with van der Waals surface area (Å²) < 4.78 is 7.38. The molecule has 1 atom stereocenters. The first-order valence-corrected chi connectivity index (χ1v) is 11.4. The van der Waals surface area contributed by atoms with Crippen LogP contribution in [0, 0.1) is 0 Å².